The lowest BCUT2D eigenvalue weighted by Crippen LogP contribution is -2.26. The molecular weight excluding hydrogens is 244 g/mol. The van der Waals surface area contributed by atoms with E-state index in [4.69, 9.17) is 19.9 Å². The first kappa shape index (κ1) is 15.6. The number of hydrogen-bond donors (Lipinski definition) is 2. The Morgan fingerprint density at radius 3 is 2.58 bits per heavy atom. The van der Waals surface area contributed by atoms with Gasteiger partial charge in [0, 0.05) is 32.5 Å². The van der Waals surface area contributed by atoms with Crippen molar-refractivity contribution >= 4 is 11.4 Å². The molecule has 1 aromatic carbocycles. The second-order valence-electron chi connectivity index (χ2n) is 4.61. The Balaban J connectivity index is 2.63. The fourth-order valence-electron chi connectivity index (χ4n) is 1.63. The van der Waals surface area contributed by atoms with Crippen LogP contribution in [-0.4, -0.2) is 39.6 Å². The van der Waals surface area contributed by atoms with Crippen LogP contribution in [0.3, 0.4) is 0 Å². The number of nitrogens with one attached hydrogen (secondary N) is 1. The van der Waals surface area contributed by atoms with Gasteiger partial charge in [-0.1, -0.05) is 0 Å². The van der Waals surface area contributed by atoms with Crippen molar-refractivity contribution in [3.05, 3.63) is 18.2 Å². The predicted molar refractivity (Wildman–Crippen MR) is 77.8 cm³/mol. The van der Waals surface area contributed by atoms with Crippen LogP contribution in [0.1, 0.15) is 13.8 Å². The molecule has 3 N–H and O–H groups in total. The van der Waals surface area contributed by atoms with Gasteiger partial charge in [0.05, 0.1) is 24.5 Å². The van der Waals surface area contributed by atoms with E-state index in [1.54, 1.807) is 14.2 Å². The summed E-state index contributed by atoms with van der Waals surface area (Å²) in [4.78, 5) is 0. The van der Waals surface area contributed by atoms with Gasteiger partial charge in [0.15, 0.2) is 0 Å². The van der Waals surface area contributed by atoms with Crippen LogP contribution in [0, 0.1) is 0 Å². The Labute approximate surface area is 115 Å². The van der Waals surface area contributed by atoms with Crippen LogP contribution >= 0.6 is 0 Å². The van der Waals surface area contributed by atoms with Crippen LogP contribution in [0.15, 0.2) is 18.2 Å². The van der Waals surface area contributed by atoms with Gasteiger partial charge in [0.2, 0.25) is 0 Å². The zero-order chi connectivity index (χ0) is 14.3. The smallest absolute Gasteiger partial charge is 0.144 e. The lowest BCUT2D eigenvalue weighted by Gasteiger charge is -2.17. The second kappa shape index (κ2) is 7.86. The van der Waals surface area contributed by atoms with E-state index in [1.165, 1.54) is 0 Å². The van der Waals surface area contributed by atoms with Gasteiger partial charge < -0.3 is 25.3 Å². The zero-order valence-corrected chi connectivity index (χ0v) is 12.1. The Kier molecular flexibility index (Phi) is 6.45. The molecule has 5 heteroatoms. The number of hydrogen-bond acceptors (Lipinski definition) is 5. The van der Waals surface area contributed by atoms with E-state index in [1.807, 2.05) is 32.0 Å². The van der Waals surface area contributed by atoms with Gasteiger partial charge in [0.25, 0.3) is 0 Å². The van der Waals surface area contributed by atoms with E-state index in [2.05, 4.69) is 5.32 Å². The van der Waals surface area contributed by atoms with Crippen LogP contribution in [0.25, 0.3) is 0 Å². The summed E-state index contributed by atoms with van der Waals surface area (Å²) in [6, 6.07) is 5.65. The summed E-state index contributed by atoms with van der Waals surface area (Å²) < 4.78 is 16.0. The molecule has 0 saturated heterocycles. The van der Waals surface area contributed by atoms with Crippen molar-refractivity contribution in [3.8, 4) is 5.75 Å². The van der Waals surface area contributed by atoms with E-state index in [9.17, 15) is 0 Å². The van der Waals surface area contributed by atoms with Crippen molar-refractivity contribution < 1.29 is 14.2 Å². The van der Waals surface area contributed by atoms with Gasteiger partial charge in [0.1, 0.15) is 5.75 Å². The molecule has 0 radical (unpaired) electrons. The number of benzene rings is 1. The van der Waals surface area contributed by atoms with Crippen LogP contribution in [0.2, 0.25) is 0 Å². The molecule has 0 amide bonds. The quantitative estimate of drug-likeness (QED) is 0.707. The normalized spacial score (nSPS) is 12.5. The third-order valence-corrected chi connectivity index (χ3v) is 2.60. The maximum atomic E-state index is 5.87. The van der Waals surface area contributed by atoms with Crippen LogP contribution in [0.4, 0.5) is 11.4 Å². The number of anilines is 2. The van der Waals surface area contributed by atoms with Crippen molar-refractivity contribution in [1.82, 2.24) is 0 Å². The van der Waals surface area contributed by atoms with E-state index in [0.29, 0.717) is 24.6 Å². The van der Waals surface area contributed by atoms with Gasteiger partial charge in [-0.05, 0) is 26.0 Å². The molecule has 1 atom stereocenters. The van der Waals surface area contributed by atoms with E-state index in [0.717, 1.165) is 5.69 Å². The molecule has 0 aliphatic carbocycles. The average Bonchev–Trinajstić information content (AvgIpc) is 2.37. The summed E-state index contributed by atoms with van der Waals surface area (Å²) in [5.41, 5.74) is 7.46. The molecule has 108 valence electrons. The molecule has 5 nitrogen and oxygen atoms in total. The van der Waals surface area contributed by atoms with Gasteiger partial charge in [-0.25, -0.2) is 0 Å². The van der Waals surface area contributed by atoms with Gasteiger partial charge in [-0.3, -0.25) is 0 Å². The maximum absolute atomic E-state index is 5.87. The van der Waals surface area contributed by atoms with Crippen molar-refractivity contribution in [2.45, 2.75) is 26.1 Å². The Hall–Kier alpha value is -1.46. The highest BCUT2D eigenvalue weighted by Crippen LogP contribution is 2.26. The molecule has 0 heterocycles. The minimum absolute atomic E-state index is 0.0111. The van der Waals surface area contributed by atoms with Crippen molar-refractivity contribution in [1.29, 1.82) is 0 Å². The maximum Gasteiger partial charge on any atom is 0.144 e. The SMILES string of the molecule is COCC(CNc1ccc(N)c(OC(C)C)c1)OC. The highest BCUT2D eigenvalue weighted by molar-refractivity contribution is 5.61. The van der Waals surface area contributed by atoms with Crippen molar-refractivity contribution in [3.63, 3.8) is 0 Å². The summed E-state index contributed by atoms with van der Waals surface area (Å²) in [5.74, 6) is 0.695. The molecule has 0 saturated carbocycles. The molecule has 0 bridgehead atoms. The van der Waals surface area contributed by atoms with Crippen LogP contribution < -0.4 is 15.8 Å². The standard InChI is InChI=1S/C14H24N2O3/c1-10(2)19-14-7-11(5-6-13(14)15)16-8-12(18-4)9-17-3/h5-7,10,12,16H,8-9,15H2,1-4H3. The second-order valence-corrected chi connectivity index (χ2v) is 4.61. The van der Waals surface area contributed by atoms with Gasteiger partial charge in [-0.2, -0.15) is 0 Å². The van der Waals surface area contributed by atoms with Crippen LogP contribution in [0.5, 0.6) is 5.75 Å². The lowest BCUT2D eigenvalue weighted by atomic mass is 10.2. The van der Waals surface area contributed by atoms with E-state index in [-0.39, 0.29) is 12.2 Å². The summed E-state index contributed by atoms with van der Waals surface area (Å²) in [6.07, 6.45) is 0.106. The van der Waals surface area contributed by atoms with E-state index >= 15 is 0 Å². The molecule has 1 aromatic rings. The van der Waals surface area contributed by atoms with Crippen molar-refractivity contribution in [2.24, 2.45) is 0 Å². The Morgan fingerprint density at radius 2 is 2.00 bits per heavy atom. The molecule has 1 unspecified atom stereocenters. The topological polar surface area (TPSA) is 65.7 Å². The monoisotopic (exact) mass is 268 g/mol. The summed E-state index contributed by atoms with van der Waals surface area (Å²) in [7, 11) is 3.32. The zero-order valence-electron chi connectivity index (χ0n) is 12.1. The molecular formula is C14H24N2O3. The number of nitrogens with two attached hydrogens (primary N) is 1. The molecule has 0 aliphatic rings. The Bertz CT molecular complexity index is 383. The molecule has 0 fully saturated rings. The first-order chi connectivity index (χ1) is 9.06. The molecule has 0 aliphatic heterocycles. The molecule has 0 spiro atoms. The highest BCUT2D eigenvalue weighted by atomic mass is 16.5. The third kappa shape index (κ3) is 5.36. The summed E-state index contributed by atoms with van der Waals surface area (Å²) in [5, 5.41) is 3.28. The van der Waals surface area contributed by atoms with E-state index < -0.39 is 0 Å². The fourth-order valence-corrected chi connectivity index (χ4v) is 1.63. The first-order valence-corrected chi connectivity index (χ1v) is 6.38. The largest absolute Gasteiger partial charge is 0.489 e. The lowest BCUT2D eigenvalue weighted by molar-refractivity contribution is 0.0365. The van der Waals surface area contributed by atoms with Crippen LogP contribution in [-0.2, 0) is 9.47 Å². The number of ether oxygens (including phenoxy) is 3. The fraction of sp³-hybridized carbons (Fsp3) is 0.571. The number of rotatable bonds is 8. The minimum atomic E-state index is 0.0111. The molecule has 1 rings (SSSR count). The summed E-state index contributed by atoms with van der Waals surface area (Å²) in [6.45, 7) is 5.15. The highest BCUT2D eigenvalue weighted by Gasteiger charge is 2.08. The van der Waals surface area contributed by atoms with Gasteiger partial charge >= 0.3 is 0 Å². The number of nitrogen functional groups attached to an aromatic ring is 1. The predicted octanol–water partition coefficient (Wildman–Crippen LogP) is 2.13. The van der Waals surface area contributed by atoms with Crippen molar-refractivity contribution in [2.75, 3.05) is 38.4 Å². The minimum Gasteiger partial charge on any atom is -0.489 e. The Morgan fingerprint density at radius 1 is 1.26 bits per heavy atom. The number of methoxy groups -OCH3 is 2. The first-order valence-electron chi connectivity index (χ1n) is 6.38. The third-order valence-electron chi connectivity index (χ3n) is 2.60. The molecule has 0 aromatic heterocycles. The van der Waals surface area contributed by atoms with Gasteiger partial charge in [-0.15, -0.1) is 0 Å². The molecule has 19 heavy (non-hydrogen) atoms. The summed E-state index contributed by atoms with van der Waals surface area (Å²) >= 11 is 0. The average molecular weight is 268 g/mol.